The molecule has 0 heterocycles. The molecule has 1 radical (unpaired) electrons. The summed E-state index contributed by atoms with van der Waals surface area (Å²) in [5.74, 6) is -2.39. The molecule has 0 saturated heterocycles. The van der Waals surface area contributed by atoms with E-state index in [9.17, 15) is 13.9 Å². The van der Waals surface area contributed by atoms with Gasteiger partial charge in [0.05, 0.1) is 5.60 Å². The highest BCUT2D eigenvalue weighted by Crippen LogP contribution is 2.41. The maximum absolute atomic E-state index is 12.7. The average Bonchev–Trinajstić information content (AvgIpc) is 2.24. The van der Waals surface area contributed by atoms with E-state index in [1.54, 1.807) is 6.92 Å². The van der Waals surface area contributed by atoms with Crippen LogP contribution in [0.3, 0.4) is 0 Å². The van der Waals surface area contributed by atoms with Gasteiger partial charge >= 0.3 is 0 Å². The predicted octanol–water partition coefficient (Wildman–Crippen LogP) is 2.79. The van der Waals surface area contributed by atoms with Crippen LogP contribution in [-0.4, -0.2) is 16.6 Å². The Morgan fingerprint density at radius 2 is 2.23 bits per heavy atom. The predicted molar refractivity (Wildman–Crippen MR) is 47.5 cm³/mol. The Labute approximate surface area is 78.1 Å². The van der Waals surface area contributed by atoms with E-state index in [-0.39, 0.29) is 18.8 Å². The highest BCUT2D eigenvalue weighted by Gasteiger charge is 2.39. The molecule has 1 nitrogen and oxygen atoms in total. The van der Waals surface area contributed by atoms with Gasteiger partial charge in [0.25, 0.3) is 0 Å². The molecule has 0 bridgehead atoms. The first-order chi connectivity index (χ1) is 5.79. The van der Waals surface area contributed by atoms with E-state index in [0.29, 0.717) is 19.3 Å². The first-order valence-electron chi connectivity index (χ1n) is 4.74. The lowest BCUT2D eigenvalue weighted by Crippen LogP contribution is -2.20. The van der Waals surface area contributed by atoms with E-state index in [1.807, 2.05) is 0 Å². The average molecular weight is 191 g/mol. The van der Waals surface area contributed by atoms with Gasteiger partial charge in [0.1, 0.15) is 0 Å². The van der Waals surface area contributed by atoms with E-state index in [1.165, 1.54) is 0 Å². The minimum absolute atomic E-state index is 0.0108. The smallest absolute Gasteiger partial charge is 0.248 e. The first kappa shape index (κ1) is 10.9. The van der Waals surface area contributed by atoms with Crippen molar-refractivity contribution in [1.29, 1.82) is 0 Å². The summed E-state index contributed by atoms with van der Waals surface area (Å²) < 4.78 is 25.5. The molecule has 0 aliphatic heterocycles. The Morgan fingerprint density at radius 3 is 2.62 bits per heavy atom. The topological polar surface area (TPSA) is 20.2 Å². The minimum Gasteiger partial charge on any atom is -0.390 e. The summed E-state index contributed by atoms with van der Waals surface area (Å²) >= 11 is 0. The van der Waals surface area contributed by atoms with Crippen LogP contribution >= 0.6 is 0 Å². The van der Waals surface area contributed by atoms with Gasteiger partial charge in [0.15, 0.2) is 0 Å². The van der Waals surface area contributed by atoms with Crippen molar-refractivity contribution in [2.24, 2.45) is 5.92 Å². The zero-order chi connectivity index (χ0) is 10.1. The Morgan fingerprint density at radius 1 is 1.62 bits per heavy atom. The summed E-state index contributed by atoms with van der Waals surface area (Å²) in [6, 6.07) is 0. The number of alkyl halides is 2. The SMILES string of the molecule is [CH2]C(C)(O)CCC1CCC(F)(F)C1. The lowest BCUT2D eigenvalue weighted by molar-refractivity contribution is 0.00327. The molecule has 1 fully saturated rings. The molecule has 0 amide bonds. The second-order valence-electron chi connectivity index (χ2n) is 4.50. The van der Waals surface area contributed by atoms with E-state index < -0.39 is 11.5 Å². The lowest BCUT2D eigenvalue weighted by Gasteiger charge is -2.19. The van der Waals surface area contributed by atoms with Gasteiger partial charge in [-0.15, -0.1) is 0 Å². The van der Waals surface area contributed by atoms with Gasteiger partial charge in [-0.25, -0.2) is 8.78 Å². The third kappa shape index (κ3) is 4.03. The van der Waals surface area contributed by atoms with Crippen molar-refractivity contribution in [2.45, 2.75) is 50.6 Å². The summed E-state index contributed by atoms with van der Waals surface area (Å²) in [5, 5.41) is 9.31. The summed E-state index contributed by atoms with van der Waals surface area (Å²) in [5.41, 5.74) is -0.960. The summed E-state index contributed by atoms with van der Waals surface area (Å²) in [7, 11) is 0. The molecule has 13 heavy (non-hydrogen) atoms. The molecular weight excluding hydrogens is 174 g/mol. The molecule has 2 atom stereocenters. The molecule has 1 rings (SSSR count). The van der Waals surface area contributed by atoms with E-state index in [4.69, 9.17) is 0 Å². The van der Waals surface area contributed by atoms with Gasteiger partial charge in [0.2, 0.25) is 5.92 Å². The molecule has 1 aliphatic carbocycles. The summed E-state index contributed by atoms with van der Waals surface area (Å²) in [6.07, 6.45) is 1.75. The molecule has 1 saturated carbocycles. The Bertz CT molecular complexity index is 172. The van der Waals surface area contributed by atoms with Crippen LogP contribution in [0, 0.1) is 12.8 Å². The maximum Gasteiger partial charge on any atom is 0.248 e. The Kier molecular flexibility index (Phi) is 2.95. The summed E-state index contributed by atoms with van der Waals surface area (Å²) in [6.45, 7) is 5.15. The molecular formula is C10H17F2O. The van der Waals surface area contributed by atoms with Crippen molar-refractivity contribution in [3.05, 3.63) is 6.92 Å². The second kappa shape index (κ2) is 3.52. The quantitative estimate of drug-likeness (QED) is 0.727. The van der Waals surface area contributed by atoms with Crippen molar-refractivity contribution >= 4 is 0 Å². The lowest BCUT2D eigenvalue weighted by atomic mass is 9.94. The van der Waals surface area contributed by atoms with Crippen LogP contribution in [0.2, 0.25) is 0 Å². The standard InChI is InChI=1S/C10H17F2O/c1-9(2,13)5-3-8-4-6-10(11,12)7-8/h8,13H,1,3-7H2,2H3. The van der Waals surface area contributed by atoms with Crippen molar-refractivity contribution in [2.75, 3.05) is 0 Å². The van der Waals surface area contributed by atoms with Crippen LogP contribution in [0.25, 0.3) is 0 Å². The normalized spacial score (nSPS) is 27.9. The van der Waals surface area contributed by atoms with Crippen molar-refractivity contribution in [3.8, 4) is 0 Å². The highest BCUT2D eigenvalue weighted by atomic mass is 19.3. The van der Waals surface area contributed by atoms with Gasteiger partial charge in [-0.1, -0.05) is 0 Å². The van der Waals surface area contributed by atoms with Gasteiger partial charge in [-0.2, -0.15) is 0 Å². The minimum atomic E-state index is -2.46. The molecule has 2 unspecified atom stereocenters. The van der Waals surface area contributed by atoms with E-state index >= 15 is 0 Å². The van der Waals surface area contributed by atoms with Crippen LogP contribution in [-0.2, 0) is 0 Å². The van der Waals surface area contributed by atoms with Gasteiger partial charge < -0.3 is 5.11 Å². The number of hydrogen-bond acceptors (Lipinski definition) is 1. The second-order valence-corrected chi connectivity index (χ2v) is 4.50. The third-order valence-corrected chi connectivity index (χ3v) is 2.60. The number of aliphatic hydroxyl groups is 1. The van der Waals surface area contributed by atoms with Crippen LogP contribution in [0.4, 0.5) is 8.78 Å². The molecule has 1 aliphatic rings. The fraction of sp³-hybridized carbons (Fsp3) is 0.900. The Balaban J connectivity index is 2.25. The molecule has 0 spiro atoms. The van der Waals surface area contributed by atoms with Crippen LogP contribution in [0.5, 0.6) is 0 Å². The number of hydrogen-bond donors (Lipinski definition) is 1. The highest BCUT2D eigenvalue weighted by molar-refractivity contribution is 4.84. The largest absolute Gasteiger partial charge is 0.390 e. The zero-order valence-electron chi connectivity index (χ0n) is 8.02. The molecule has 77 valence electrons. The van der Waals surface area contributed by atoms with Crippen LogP contribution in [0.15, 0.2) is 0 Å². The van der Waals surface area contributed by atoms with Crippen LogP contribution in [0.1, 0.15) is 39.0 Å². The van der Waals surface area contributed by atoms with Crippen molar-refractivity contribution in [3.63, 3.8) is 0 Å². The third-order valence-electron chi connectivity index (χ3n) is 2.60. The van der Waals surface area contributed by atoms with E-state index in [2.05, 4.69) is 6.92 Å². The fourth-order valence-electron chi connectivity index (χ4n) is 1.80. The van der Waals surface area contributed by atoms with Gasteiger partial charge in [-0.3, -0.25) is 0 Å². The molecule has 1 N–H and O–H groups in total. The van der Waals surface area contributed by atoms with Crippen molar-refractivity contribution < 1.29 is 13.9 Å². The number of halogens is 2. The zero-order valence-corrected chi connectivity index (χ0v) is 8.02. The maximum atomic E-state index is 12.7. The molecule has 0 aromatic carbocycles. The summed E-state index contributed by atoms with van der Waals surface area (Å²) in [4.78, 5) is 0. The van der Waals surface area contributed by atoms with Gasteiger partial charge in [-0.05, 0) is 39.0 Å². The monoisotopic (exact) mass is 191 g/mol. The van der Waals surface area contributed by atoms with Gasteiger partial charge in [0, 0.05) is 12.8 Å². The number of rotatable bonds is 3. The van der Waals surface area contributed by atoms with Crippen LogP contribution < -0.4 is 0 Å². The Hall–Kier alpha value is -0.180. The fourth-order valence-corrected chi connectivity index (χ4v) is 1.80. The first-order valence-corrected chi connectivity index (χ1v) is 4.74. The van der Waals surface area contributed by atoms with Crippen molar-refractivity contribution in [1.82, 2.24) is 0 Å². The molecule has 3 heteroatoms. The van der Waals surface area contributed by atoms with E-state index in [0.717, 1.165) is 0 Å². The molecule has 0 aromatic heterocycles. The molecule has 0 aromatic rings.